The Balaban J connectivity index is 2.09. The Morgan fingerprint density at radius 2 is 1.85 bits per heavy atom. The van der Waals surface area contributed by atoms with Gasteiger partial charge in [0.2, 0.25) is 0 Å². The van der Waals surface area contributed by atoms with E-state index in [1.54, 1.807) is 12.1 Å². The van der Waals surface area contributed by atoms with E-state index >= 15 is 0 Å². The van der Waals surface area contributed by atoms with Crippen molar-refractivity contribution in [2.75, 3.05) is 0 Å². The fourth-order valence-corrected chi connectivity index (χ4v) is 3.13. The zero-order valence-corrected chi connectivity index (χ0v) is 13.9. The van der Waals surface area contributed by atoms with E-state index in [1.807, 2.05) is 24.3 Å². The third kappa shape index (κ3) is 2.55. The van der Waals surface area contributed by atoms with E-state index < -0.39 is 6.10 Å². The van der Waals surface area contributed by atoms with Gasteiger partial charge in [-0.05, 0) is 64.0 Å². The Labute approximate surface area is 136 Å². The summed E-state index contributed by atoms with van der Waals surface area (Å²) >= 11 is 5.61. The summed E-state index contributed by atoms with van der Waals surface area (Å²) in [5.41, 5.74) is 2.75. The van der Waals surface area contributed by atoms with Crippen LogP contribution >= 0.6 is 38.5 Å². The molecule has 0 bridgehead atoms. The number of nitrogens with one attached hydrogen (secondary N) is 2. The molecule has 3 N–H and O–H groups in total. The van der Waals surface area contributed by atoms with Gasteiger partial charge in [-0.15, -0.1) is 0 Å². The van der Waals surface area contributed by atoms with Crippen molar-refractivity contribution in [3.8, 4) is 0 Å². The van der Waals surface area contributed by atoms with Crippen LogP contribution in [0.5, 0.6) is 0 Å². The minimum absolute atomic E-state index is 0.247. The van der Waals surface area contributed by atoms with E-state index in [2.05, 4.69) is 48.5 Å². The number of benzene rings is 2. The Morgan fingerprint density at radius 1 is 1.10 bits per heavy atom. The number of aliphatic hydroxyl groups excluding tert-OH is 1. The average molecular weight is 445 g/mol. The number of fused-ring (bicyclic) bond motifs is 1. The summed E-state index contributed by atoms with van der Waals surface area (Å²) in [6.45, 7) is 0. The third-order valence-electron chi connectivity index (χ3n) is 3.11. The molecule has 3 aromatic rings. The topological polar surface area (TPSA) is 68.9 Å². The van der Waals surface area contributed by atoms with Crippen LogP contribution in [0.15, 0.2) is 45.7 Å². The quantitative estimate of drug-likeness (QED) is 0.531. The molecule has 6 heteroatoms. The van der Waals surface area contributed by atoms with Gasteiger partial charge < -0.3 is 15.1 Å². The van der Waals surface area contributed by atoms with Crippen LogP contribution in [-0.4, -0.2) is 15.1 Å². The molecule has 3 rings (SSSR count). The molecule has 1 aromatic heterocycles. The van der Waals surface area contributed by atoms with Gasteiger partial charge in [0, 0.05) is 8.04 Å². The predicted octanol–water partition coefficient (Wildman–Crippen LogP) is 3.31. The lowest BCUT2D eigenvalue weighted by atomic mass is 10.0. The molecule has 0 aliphatic rings. The van der Waals surface area contributed by atoms with Crippen LogP contribution < -0.4 is 5.69 Å². The summed E-state index contributed by atoms with van der Waals surface area (Å²) in [7, 11) is 0. The molecule has 0 fully saturated rings. The first-order chi connectivity index (χ1) is 9.54. The van der Waals surface area contributed by atoms with E-state index in [-0.39, 0.29) is 5.69 Å². The van der Waals surface area contributed by atoms with E-state index in [0.29, 0.717) is 5.52 Å². The fraction of sp³-hybridized carbons (Fsp3) is 0.0714. The number of imidazole rings is 1. The summed E-state index contributed by atoms with van der Waals surface area (Å²) in [6, 6.07) is 11.2. The van der Waals surface area contributed by atoms with E-state index in [9.17, 15) is 9.90 Å². The zero-order chi connectivity index (χ0) is 14.3. The van der Waals surface area contributed by atoms with Crippen LogP contribution in [0, 0.1) is 3.57 Å². The fourth-order valence-electron chi connectivity index (χ4n) is 2.12. The number of halogens is 2. The lowest BCUT2D eigenvalue weighted by Crippen LogP contribution is -2.02. The number of aliphatic hydroxyl groups is 1. The molecule has 0 aliphatic heterocycles. The Bertz CT molecular complexity index is 841. The monoisotopic (exact) mass is 444 g/mol. The molecule has 0 saturated carbocycles. The van der Waals surface area contributed by atoms with E-state index in [0.717, 1.165) is 24.7 Å². The van der Waals surface area contributed by atoms with Crippen molar-refractivity contribution in [2.24, 2.45) is 0 Å². The highest BCUT2D eigenvalue weighted by molar-refractivity contribution is 14.1. The van der Waals surface area contributed by atoms with Crippen molar-refractivity contribution in [3.63, 3.8) is 0 Å². The van der Waals surface area contributed by atoms with Crippen LogP contribution in [0.25, 0.3) is 11.0 Å². The standard InChI is InChI=1S/C14H10BrIN2O2/c15-8-2-3-10(16)9(6-8)13(19)7-1-4-11-12(5-7)18-14(20)17-11/h1-6,13,19H,(H2,17,18,20). The molecule has 0 spiro atoms. The molecule has 0 amide bonds. The van der Waals surface area contributed by atoms with Crippen molar-refractivity contribution in [1.82, 2.24) is 9.97 Å². The van der Waals surface area contributed by atoms with Crippen LogP contribution in [0.1, 0.15) is 17.2 Å². The van der Waals surface area contributed by atoms with E-state index in [1.165, 1.54) is 0 Å². The van der Waals surface area contributed by atoms with Crippen molar-refractivity contribution < 1.29 is 5.11 Å². The summed E-state index contributed by atoms with van der Waals surface area (Å²) in [4.78, 5) is 16.6. The normalized spacial score (nSPS) is 12.8. The van der Waals surface area contributed by atoms with Crippen LogP contribution in [0.4, 0.5) is 0 Å². The number of aromatic amines is 2. The Morgan fingerprint density at radius 3 is 2.65 bits per heavy atom. The first-order valence-corrected chi connectivity index (χ1v) is 7.77. The molecule has 0 saturated heterocycles. The third-order valence-corrected chi connectivity index (χ3v) is 4.58. The lowest BCUT2D eigenvalue weighted by Gasteiger charge is -2.14. The highest BCUT2D eigenvalue weighted by Gasteiger charge is 2.15. The van der Waals surface area contributed by atoms with Gasteiger partial charge in [0.15, 0.2) is 0 Å². The van der Waals surface area contributed by atoms with E-state index in [4.69, 9.17) is 0 Å². The van der Waals surface area contributed by atoms with Gasteiger partial charge in [-0.25, -0.2) is 4.79 Å². The summed E-state index contributed by atoms with van der Waals surface area (Å²) in [5.74, 6) is 0. The Kier molecular flexibility index (Phi) is 3.70. The number of H-pyrrole nitrogens is 2. The van der Waals surface area contributed by atoms with Gasteiger partial charge in [0.25, 0.3) is 0 Å². The first-order valence-electron chi connectivity index (χ1n) is 5.89. The van der Waals surface area contributed by atoms with Crippen molar-refractivity contribution in [1.29, 1.82) is 0 Å². The number of aromatic nitrogens is 2. The smallest absolute Gasteiger partial charge is 0.323 e. The second-order valence-electron chi connectivity index (χ2n) is 4.45. The van der Waals surface area contributed by atoms with Gasteiger partial charge in [-0.3, -0.25) is 0 Å². The molecule has 4 nitrogen and oxygen atoms in total. The second-order valence-corrected chi connectivity index (χ2v) is 6.53. The summed E-state index contributed by atoms with van der Waals surface area (Å²) in [5, 5.41) is 10.5. The van der Waals surface area contributed by atoms with Gasteiger partial charge >= 0.3 is 5.69 Å². The molecule has 102 valence electrons. The zero-order valence-electron chi connectivity index (χ0n) is 10.2. The number of hydrogen-bond donors (Lipinski definition) is 3. The molecule has 2 aromatic carbocycles. The average Bonchev–Trinajstić information content (AvgIpc) is 2.79. The SMILES string of the molecule is O=c1[nH]c2ccc(C(O)c3cc(Br)ccc3I)cc2[nH]1. The maximum absolute atomic E-state index is 11.3. The van der Waals surface area contributed by atoms with Gasteiger partial charge in [-0.1, -0.05) is 22.0 Å². The molecule has 1 heterocycles. The van der Waals surface area contributed by atoms with Crippen LogP contribution in [-0.2, 0) is 0 Å². The van der Waals surface area contributed by atoms with Gasteiger partial charge in [0.1, 0.15) is 6.10 Å². The van der Waals surface area contributed by atoms with Crippen molar-refractivity contribution in [3.05, 3.63) is 66.1 Å². The highest BCUT2D eigenvalue weighted by atomic mass is 127. The molecule has 0 radical (unpaired) electrons. The summed E-state index contributed by atoms with van der Waals surface area (Å²) < 4.78 is 1.91. The minimum atomic E-state index is -0.734. The molecule has 1 unspecified atom stereocenters. The van der Waals surface area contributed by atoms with Crippen LogP contribution in [0.2, 0.25) is 0 Å². The Hall–Kier alpha value is -1.12. The minimum Gasteiger partial charge on any atom is -0.384 e. The number of hydrogen-bond acceptors (Lipinski definition) is 2. The van der Waals surface area contributed by atoms with Gasteiger partial charge in [-0.2, -0.15) is 0 Å². The summed E-state index contributed by atoms with van der Waals surface area (Å²) in [6.07, 6.45) is -0.734. The molecule has 1 atom stereocenters. The molecule has 20 heavy (non-hydrogen) atoms. The largest absolute Gasteiger partial charge is 0.384 e. The lowest BCUT2D eigenvalue weighted by molar-refractivity contribution is 0.219. The van der Waals surface area contributed by atoms with Crippen molar-refractivity contribution >= 4 is 49.6 Å². The van der Waals surface area contributed by atoms with Crippen molar-refractivity contribution in [2.45, 2.75) is 6.10 Å². The second kappa shape index (κ2) is 5.34. The number of rotatable bonds is 2. The van der Waals surface area contributed by atoms with Crippen LogP contribution in [0.3, 0.4) is 0 Å². The predicted molar refractivity (Wildman–Crippen MR) is 89.8 cm³/mol. The first kappa shape index (κ1) is 13.8. The molecule has 0 aliphatic carbocycles. The highest BCUT2D eigenvalue weighted by Crippen LogP contribution is 2.29. The maximum Gasteiger partial charge on any atom is 0.323 e. The van der Waals surface area contributed by atoms with Gasteiger partial charge in [0.05, 0.1) is 11.0 Å². The maximum atomic E-state index is 11.3. The molecular weight excluding hydrogens is 435 g/mol. The molecular formula is C14H10BrIN2O2.